The van der Waals surface area contributed by atoms with E-state index in [4.69, 9.17) is 16.6 Å². The molecule has 3 rings (SSSR count). The van der Waals surface area contributed by atoms with Crippen molar-refractivity contribution in [2.75, 3.05) is 0 Å². The van der Waals surface area contributed by atoms with E-state index in [1.54, 1.807) is 16.0 Å². The zero-order chi connectivity index (χ0) is 14.8. The monoisotopic (exact) mass is 323 g/mol. The number of aliphatic hydroxyl groups excluding tert-OH is 1. The minimum Gasteiger partial charge on any atom is -0.391 e. The molecule has 0 saturated heterocycles. The van der Waals surface area contributed by atoms with Crippen LogP contribution in [-0.2, 0) is 7.05 Å². The van der Waals surface area contributed by atoms with Crippen LogP contribution >= 0.6 is 22.9 Å². The van der Waals surface area contributed by atoms with Crippen molar-refractivity contribution >= 4 is 22.9 Å². The van der Waals surface area contributed by atoms with Crippen molar-refractivity contribution in [2.45, 2.75) is 37.8 Å². The molecule has 0 radical (unpaired) electrons. The summed E-state index contributed by atoms with van der Waals surface area (Å²) in [6, 6.07) is 7.64. The van der Waals surface area contributed by atoms with Gasteiger partial charge < -0.3 is 5.11 Å². The van der Waals surface area contributed by atoms with Gasteiger partial charge in [0.25, 0.3) is 0 Å². The van der Waals surface area contributed by atoms with E-state index in [1.165, 1.54) is 0 Å². The lowest BCUT2D eigenvalue weighted by atomic mass is 9.93. The zero-order valence-electron chi connectivity index (χ0n) is 11.9. The first-order valence-corrected chi connectivity index (χ1v) is 8.35. The first-order valence-electron chi connectivity index (χ1n) is 7.15. The Morgan fingerprint density at radius 2 is 2.00 bits per heavy atom. The van der Waals surface area contributed by atoms with Crippen LogP contribution in [0.2, 0.25) is 5.02 Å². The summed E-state index contributed by atoms with van der Waals surface area (Å²) >= 11 is 7.46. The van der Waals surface area contributed by atoms with Gasteiger partial charge in [-0.2, -0.15) is 5.10 Å². The molecule has 0 spiro atoms. The summed E-state index contributed by atoms with van der Waals surface area (Å²) in [6.45, 7) is 0. The number of nitrogens with zero attached hydrogens (tertiary/aromatic N) is 3. The quantitative estimate of drug-likeness (QED) is 0.923. The topological polar surface area (TPSA) is 50.4 Å². The van der Waals surface area contributed by atoms with Crippen LogP contribution in [0, 0.1) is 0 Å². The molecular weight excluding hydrogens is 306 g/mol. The molecule has 1 aromatic heterocycles. The van der Waals surface area contributed by atoms with Crippen LogP contribution in [-0.4, -0.2) is 27.0 Å². The Bertz CT molecular complexity index is 677. The number of aryl methyl sites for hydroxylation is 1. The van der Waals surface area contributed by atoms with Crippen LogP contribution < -0.4 is 4.80 Å². The van der Waals surface area contributed by atoms with Crippen LogP contribution in [0.25, 0.3) is 10.6 Å². The van der Waals surface area contributed by atoms with Gasteiger partial charge in [0.15, 0.2) is 0 Å². The minimum atomic E-state index is -0.320. The number of aliphatic hydroxyl groups is 1. The molecule has 21 heavy (non-hydrogen) atoms. The van der Waals surface area contributed by atoms with Crippen LogP contribution in [0.1, 0.15) is 25.7 Å². The number of hydrogen-bond acceptors (Lipinski definition) is 4. The third-order valence-corrected chi connectivity index (χ3v) is 5.08. The standard InChI is InChI=1S/C15H18ClN3OS/c1-19-15(17-12-4-2-3-5-13(12)20)21-14(18-19)10-6-8-11(16)9-7-10/h6-9,12-13,20H,2-5H2,1H3. The molecule has 4 nitrogen and oxygen atoms in total. The lowest BCUT2D eigenvalue weighted by Gasteiger charge is -2.23. The van der Waals surface area contributed by atoms with Crippen molar-refractivity contribution in [1.82, 2.24) is 9.78 Å². The molecule has 2 aromatic rings. The summed E-state index contributed by atoms with van der Waals surface area (Å²) in [6.07, 6.45) is 3.71. The Labute approximate surface area is 132 Å². The molecule has 6 heteroatoms. The van der Waals surface area contributed by atoms with Crippen molar-refractivity contribution in [2.24, 2.45) is 12.0 Å². The first-order chi connectivity index (χ1) is 10.1. The van der Waals surface area contributed by atoms with Gasteiger partial charge >= 0.3 is 0 Å². The van der Waals surface area contributed by atoms with Gasteiger partial charge in [-0.1, -0.05) is 47.9 Å². The van der Waals surface area contributed by atoms with Crippen molar-refractivity contribution in [3.8, 4) is 10.6 Å². The number of hydrogen-bond donors (Lipinski definition) is 1. The van der Waals surface area contributed by atoms with E-state index in [1.807, 2.05) is 31.3 Å². The molecule has 1 saturated carbocycles. The summed E-state index contributed by atoms with van der Waals surface area (Å²) in [5.41, 5.74) is 1.03. The summed E-state index contributed by atoms with van der Waals surface area (Å²) in [5.74, 6) is 0. The summed E-state index contributed by atoms with van der Waals surface area (Å²) in [4.78, 5) is 5.56. The fourth-order valence-electron chi connectivity index (χ4n) is 2.56. The second-order valence-electron chi connectivity index (χ2n) is 5.37. The molecule has 2 unspecified atom stereocenters. The molecule has 2 atom stereocenters. The largest absolute Gasteiger partial charge is 0.391 e. The van der Waals surface area contributed by atoms with Crippen LogP contribution in [0.5, 0.6) is 0 Å². The Kier molecular flexibility index (Phi) is 4.42. The van der Waals surface area contributed by atoms with E-state index in [0.717, 1.165) is 46.1 Å². The maximum atomic E-state index is 10.0. The smallest absolute Gasteiger partial charge is 0.203 e. The summed E-state index contributed by atoms with van der Waals surface area (Å²) in [7, 11) is 1.89. The zero-order valence-corrected chi connectivity index (χ0v) is 13.4. The van der Waals surface area contributed by atoms with Gasteiger partial charge in [-0.05, 0) is 25.0 Å². The maximum Gasteiger partial charge on any atom is 0.203 e. The maximum absolute atomic E-state index is 10.0. The molecule has 112 valence electrons. The van der Waals surface area contributed by atoms with E-state index in [9.17, 15) is 5.11 Å². The van der Waals surface area contributed by atoms with Crippen LogP contribution in [0.3, 0.4) is 0 Å². The van der Waals surface area contributed by atoms with E-state index in [2.05, 4.69) is 5.10 Å². The highest BCUT2D eigenvalue weighted by atomic mass is 35.5. The van der Waals surface area contributed by atoms with Gasteiger partial charge in [-0.15, -0.1) is 0 Å². The van der Waals surface area contributed by atoms with E-state index < -0.39 is 0 Å². The van der Waals surface area contributed by atoms with Crippen LogP contribution in [0.4, 0.5) is 0 Å². The predicted octanol–water partition coefficient (Wildman–Crippen LogP) is 3.01. The van der Waals surface area contributed by atoms with Crippen molar-refractivity contribution in [1.29, 1.82) is 0 Å². The highest BCUT2D eigenvalue weighted by molar-refractivity contribution is 7.12. The molecule has 0 bridgehead atoms. The molecule has 1 heterocycles. The molecule has 1 aliphatic rings. The van der Waals surface area contributed by atoms with Crippen molar-refractivity contribution in [3.63, 3.8) is 0 Å². The van der Waals surface area contributed by atoms with Gasteiger partial charge in [0, 0.05) is 17.6 Å². The lowest BCUT2D eigenvalue weighted by Crippen LogP contribution is -2.30. The molecular formula is C15H18ClN3OS. The number of halogens is 1. The third-order valence-electron chi connectivity index (χ3n) is 3.77. The number of benzene rings is 1. The fraction of sp³-hybridized carbons (Fsp3) is 0.467. The van der Waals surface area contributed by atoms with Gasteiger partial charge in [0.05, 0.1) is 12.1 Å². The molecule has 0 aliphatic heterocycles. The highest BCUT2D eigenvalue weighted by Crippen LogP contribution is 2.23. The van der Waals surface area contributed by atoms with E-state index in [0.29, 0.717) is 0 Å². The van der Waals surface area contributed by atoms with E-state index in [-0.39, 0.29) is 12.1 Å². The molecule has 1 aliphatic carbocycles. The average molecular weight is 324 g/mol. The summed E-state index contributed by atoms with van der Waals surface area (Å²) in [5, 5.41) is 16.2. The van der Waals surface area contributed by atoms with Gasteiger partial charge in [-0.25, -0.2) is 4.68 Å². The van der Waals surface area contributed by atoms with Gasteiger partial charge in [0.2, 0.25) is 4.80 Å². The first kappa shape index (κ1) is 14.8. The van der Waals surface area contributed by atoms with Gasteiger partial charge in [-0.3, -0.25) is 4.99 Å². The third kappa shape index (κ3) is 3.36. The normalized spacial score (nSPS) is 23.5. The minimum absolute atomic E-state index is 0.00321. The Morgan fingerprint density at radius 1 is 1.29 bits per heavy atom. The average Bonchev–Trinajstić information content (AvgIpc) is 2.83. The fourth-order valence-corrected chi connectivity index (χ4v) is 3.63. The molecule has 1 fully saturated rings. The Hall–Kier alpha value is -1.17. The molecule has 0 amide bonds. The lowest BCUT2D eigenvalue weighted by molar-refractivity contribution is 0.107. The van der Waals surface area contributed by atoms with Crippen LogP contribution in [0.15, 0.2) is 29.3 Å². The van der Waals surface area contributed by atoms with E-state index >= 15 is 0 Å². The number of rotatable bonds is 2. The Balaban J connectivity index is 1.92. The molecule has 1 N–H and O–H groups in total. The Morgan fingerprint density at radius 3 is 2.71 bits per heavy atom. The predicted molar refractivity (Wildman–Crippen MR) is 85.4 cm³/mol. The van der Waals surface area contributed by atoms with Gasteiger partial charge in [0.1, 0.15) is 5.01 Å². The van der Waals surface area contributed by atoms with Crippen molar-refractivity contribution < 1.29 is 5.11 Å². The second kappa shape index (κ2) is 6.30. The number of aromatic nitrogens is 2. The highest BCUT2D eigenvalue weighted by Gasteiger charge is 2.22. The van der Waals surface area contributed by atoms with Crippen molar-refractivity contribution in [3.05, 3.63) is 34.1 Å². The second-order valence-corrected chi connectivity index (χ2v) is 6.76. The molecule has 1 aromatic carbocycles. The SMILES string of the molecule is Cn1nc(-c2ccc(Cl)cc2)sc1=NC1CCCCC1O. The summed E-state index contributed by atoms with van der Waals surface area (Å²) < 4.78 is 1.79.